The molecule has 3 fully saturated rings. The predicted octanol–water partition coefficient (Wildman–Crippen LogP) is 7.80. The van der Waals surface area contributed by atoms with Gasteiger partial charge in [0, 0.05) is 60.1 Å². The Labute approximate surface area is 338 Å². The lowest BCUT2D eigenvalue weighted by Crippen LogP contribution is -2.72. The summed E-state index contributed by atoms with van der Waals surface area (Å²) < 4.78 is 7.89. The number of likely N-dealkylation sites (tertiary alicyclic amines) is 1. The summed E-state index contributed by atoms with van der Waals surface area (Å²) in [6, 6.07) is 24.6. The molecule has 12 nitrogen and oxygen atoms in total. The minimum atomic E-state index is -0.833. The lowest BCUT2D eigenvalue weighted by molar-refractivity contribution is -0.208. The van der Waals surface area contributed by atoms with Crippen LogP contribution in [-0.2, 0) is 32.8 Å². The fraction of sp³-hybridized carbons (Fsp3) is 0.391. The Morgan fingerprint density at radius 3 is 2.29 bits per heavy atom. The number of amides is 5. The standard InChI is InChI=1S/C46H51N7O5/c1-43(2,3)37-25-38(50-42(57)49-34-15-16-35(33-10-8-7-9-32(33)34)58-24-20-29-18-22-47-23-19-29)53(51-37)31-13-11-30(12-14-31)26-48-39(54)45(5)27-44(4)28-46(21-17-36(45)46)41(56)52(6)40(44)55/h7-16,18-19,22-23,25,36H,17,20-21,24,26-28H2,1-6H3,(H,48,54)(H2,49,50,57). The SMILES string of the molecule is CN1C(=O)C2(C)CC(C)(C(=O)NCc3ccc(-n4nc(C(C)(C)C)cc4NC(=O)Nc4ccc(OCCc5ccncc5)c5ccccc45)cc3)C3CCC3(C2)C1=O. The third-order valence-corrected chi connectivity index (χ3v) is 12.7. The number of imide groups is 1. The van der Waals surface area contributed by atoms with E-state index in [1.54, 1.807) is 24.1 Å². The van der Waals surface area contributed by atoms with Gasteiger partial charge in [0.1, 0.15) is 11.6 Å². The van der Waals surface area contributed by atoms with Crippen molar-refractivity contribution in [1.82, 2.24) is 25.0 Å². The minimum absolute atomic E-state index is 0.0982. The second-order valence-corrected chi connectivity index (χ2v) is 17.9. The number of fused-ring (bicyclic) bond motifs is 2. The van der Waals surface area contributed by atoms with E-state index in [1.165, 1.54) is 4.90 Å². The Kier molecular flexibility index (Phi) is 9.64. The zero-order chi connectivity index (χ0) is 41.0. The number of urea groups is 1. The van der Waals surface area contributed by atoms with E-state index < -0.39 is 22.3 Å². The monoisotopic (exact) mass is 781 g/mol. The fourth-order valence-corrected chi connectivity index (χ4v) is 9.80. The topological polar surface area (TPSA) is 148 Å². The summed E-state index contributed by atoms with van der Waals surface area (Å²) in [5.41, 5.74) is 1.68. The molecule has 3 aliphatic rings. The van der Waals surface area contributed by atoms with E-state index in [0.717, 1.165) is 51.9 Å². The number of rotatable bonds is 10. The maximum Gasteiger partial charge on any atom is 0.324 e. The Hall–Kier alpha value is -6.04. The quantitative estimate of drug-likeness (QED) is 0.123. The van der Waals surface area contributed by atoms with Crippen molar-refractivity contribution in [3.05, 3.63) is 108 Å². The average Bonchev–Trinajstić information content (AvgIpc) is 3.62. The number of pyridine rings is 1. The number of benzene rings is 3. The zero-order valence-electron chi connectivity index (χ0n) is 34.0. The zero-order valence-corrected chi connectivity index (χ0v) is 34.0. The van der Waals surface area contributed by atoms with Gasteiger partial charge in [-0.1, -0.05) is 71.0 Å². The first-order valence-corrected chi connectivity index (χ1v) is 20.0. The highest BCUT2D eigenvalue weighted by Gasteiger charge is 2.72. The van der Waals surface area contributed by atoms with Crippen LogP contribution >= 0.6 is 0 Å². The van der Waals surface area contributed by atoms with E-state index in [-0.39, 0.29) is 35.6 Å². The van der Waals surface area contributed by atoms with E-state index in [9.17, 15) is 19.2 Å². The summed E-state index contributed by atoms with van der Waals surface area (Å²) >= 11 is 0. The molecule has 4 atom stereocenters. The molecule has 3 aromatic carbocycles. The molecule has 2 aromatic heterocycles. The second kappa shape index (κ2) is 14.4. The summed E-state index contributed by atoms with van der Waals surface area (Å²) in [7, 11) is 1.58. The number of nitrogens with one attached hydrogen (secondary N) is 3. The number of carbonyl (C=O) groups is 4. The van der Waals surface area contributed by atoms with Crippen LogP contribution in [0, 0.1) is 22.2 Å². The van der Waals surface area contributed by atoms with Crippen LogP contribution in [0.1, 0.15) is 77.1 Å². The number of ether oxygens (including phenoxy) is 1. The smallest absolute Gasteiger partial charge is 0.324 e. The van der Waals surface area contributed by atoms with Gasteiger partial charge in [0.25, 0.3) is 0 Å². The molecule has 1 saturated heterocycles. The van der Waals surface area contributed by atoms with E-state index in [4.69, 9.17) is 9.84 Å². The highest BCUT2D eigenvalue weighted by Crippen LogP contribution is 2.69. The molecule has 2 bridgehead atoms. The first-order valence-electron chi connectivity index (χ1n) is 20.0. The third kappa shape index (κ3) is 6.77. The summed E-state index contributed by atoms with van der Waals surface area (Å²) in [4.78, 5) is 59.6. The molecule has 0 radical (unpaired) electrons. The van der Waals surface area contributed by atoms with Crippen molar-refractivity contribution >= 4 is 46.0 Å². The molecule has 2 saturated carbocycles. The molecule has 1 aliphatic heterocycles. The largest absolute Gasteiger partial charge is 0.493 e. The molecule has 12 heteroatoms. The van der Waals surface area contributed by atoms with Crippen molar-refractivity contribution in [2.75, 3.05) is 24.3 Å². The average molecular weight is 782 g/mol. The van der Waals surface area contributed by atoms with Crippen LogP contribution in [-0.4, -0.2) is 57.1 Å². The van der Waals surface area contributed by atoms with Crippen LogP contribution in [0.3, 0.4) is 0 Å². The van der Waals surface area contributed by atoms with Gasteiger partial charge in [-0.2, -0.15) is 5.10 Å². The molecule has 58 heavy (non-hydrogen) atoms. The molecule has 2 aliphatic carbocycles. The van der Waals surface area contributed by atoms with Gasteiger partial charge in [0.15, 0.2) is 0 Å². The molecule has 3 N–H and O–H groups in total. The van der Waals surface area contributed by atoms with Crippen LogP contribution in [0.25, 0.3) is 16.5 Å². The maximum atomic E-state index is 14.0. The Bertz CT molecular complexity index is 2420. The van der Waals surface area contributed by atoms with Gasteiger partial charge in [0.2, 0.25) is 17.7 Å². The van der Waals surface area contributed by atoms with Crippen LogP contribution in [0.2, 0.25) is 0 Å². The van der Waals surface area contributed by atoms with Crippen molar-refractivity contribution in [2.45, 2.75) is 78.7 Å². The molecule has 3 heterocycles. The fourth-order valence-electron chi connectivity index (χ4n) is 9.80. The van der Waals surface area contributed by atoms with Crippen LogP contribution in [0.15, 0.2) is 91.3 Å². The molecular weight excluding hydrogens is 731 g/mol. The molecular formula is C46H51N7O5. The Morgan fingerprint density at radius 2 is 1.60 bits per heavy atom. The first kappa shape index (κ1) is 38.8. The third-order valence-electron chi connectivity index (χ3n) is 12.7. The van der Waals surface area contributed by atoms with Gasteiger partial charge in [-0.25, -0.2) is 9.48 Å². The summed E-state index contributed by atoms with van der Waals surface area (Å²) in [5.74, 6) is 0.679. The second-order valence-electron chi connectivity index (χ2n) is 17.9. The maximum absolute atomic E-state index is 14.0. The number of hydrogen-bond donors (Lipinski definition) is 3. The van der Waals surface area contributed by atoms with E-state index in [2.05, 4.69) is 41.7 Å². The lowest BCUT2D eigenvalue weighted by atomic mass is 9.39. The number of anilines is 2. The van der Waals surface area contributed by atoms with Crippen LogP contribution < -0.4 is 20.7 Å². The highest BCUT2D eigenvalue weighted by atomic mass is 16.5. The van der Waals surface area contributed by atoms with Gasteiger partial charge in [-0.05, 0) is 79.1 Å². The van der Waals surface area contributed by atoms with Crippen LogP contribution in [0.4, 0.5) is 16.3 Å². The van der Waals surface area contributed by atoms with Gasteiger partial charge < -0.3 is 15.4 Å². The molecule has 5 amide bonds. The highest BCUT2D eigenvalue weighted by molar-refractivity contribution is 6.08. The predicted molar refractivity (Wildman–Crippen MR) is 223 cm³/mol. The summed E-state index contributed by atoms with van der Waals surface area (Å²) in [6.45, 7) is 10.8. The van der Waals surface area contributed by atoms with Crippen molar-refractivity contribution in [3.63, 3.8) is 0 Å². The van der Waals surface area contributed by atoms with E-state index in [1.807, 2.05) is 92.7 Å². The van der Waals surface area contributed by atoms with Crippen molar-refractivity contribution in [2.24, 2.45) is 22.2 Å². The molecule has 8 rings (SSSR count). The van der Waals surface area contributed by atoms with Gasteiger partial charge >= 0.3 is 6.03 Å². The van der Waals surface area contributed by atoms with Gasteiger partial charge in [0.05, 0.1) is 34.5 Å². The van der Waals surface area contributed by atoms with Crippen molar-refractivity contribution in [1.29, 1.82) is 0 Å². The molecule has 5 aromatic rings. The van der Waals surface area contributed by atoms with Crippen molar-refractivity contribution in [3.8, 4) is 11.4 Å². The van der Waals surface area contributed by atoms with Gasteiger partial charge in [-0.3, -0.25) is 29.6 Å². The number of hydrogen-bond acceptors (Lipinski definition) is 7. The normalized spacial score (nSPS) is 23.8. The first-order chi connectivity index (χ1) is 27.6. The molecule has 300 valence electrons. The Morgan fingerprint density at radius 1 is 0.879 bits per heavy atom. The van der Waals surface area contributed by atoms with E-state index >= 15 is 0 Å². The Balaban J connectivity index is 0.956. The number of nitrogens with zero attached hydrogens (tertiary/aromatic N) is 4. The molecule has 4 unspecified atom stereocenters. The number of carbonyl (C=O) groups excluding carboxylic acids is 4. The van der Waals surface area contributed by atoms with Crippen LogP contribution in [0.5, 0.6) is 5.75 Å². The van der Waals surface area contributed by atoms with E-state index in [0.29, 0.717) is 37.4 Å². The number of piperidine rings is 1. The molecule has 1 spiro atoms. The van der Waals surface area contributed by atoms with Gasteiger partial charge in [-0.15, -0.1) is 0 Å². The minimum Gasteiger partial charge on any atom is -0.493 e. The summed E-state index contributed by atoms with van der Waals surface area (Å²) in [6.07, 6.45) is 6.73. The lowest BCUT2D eigenvalue weighted by Gasteiger charge is -2.66. The summed E-state index contributed by atoms with van der Waals surface area (Å²) in [5, 5.41) is 15.8. The number of aromatic nitrogens is 3. The van der Waals surface area contributed by atoms with Crippen molar-refractivity contribution < 1.29 is 23.9 Å².